The van der Waals surface area contributed by atoms with Gasteiger partial charge in [-0.2, -0.15) is 0 Å². The van der Waals surface area contributed by atoms with E-state index >= 15 is 0 Å². The Morgan fingerprint density at radius 2 is 2.00 bits per heavy atom. The molecule has 0 aromatic heterocycles. The first-order valence-electron chi connectivity index (χ1n) is 6.92. The summed E-state index contributed by atoms with van der Waals surface area (Å²) < 4.78 is 5.53. The Bertz CT molecular complexity index is 398. The predicted octanol–water partition coefficient (Wildman–Crippen LogP) is 2.54. The molecule has 1 aromatic carbocycles. The van der Waals surface area contributed by atoms with Crippen molar-refractivity contribution in [3.63, 3.8) is 0 Å². The second kappa shape index (κ2) is 7.14. The van der Waals surface area contributed by atoms with Crippen LogP contribution in [0.1, 0.15) is 36.0 Å². The van der Waals surface area contributed by atoms with E-state index in [1.807, 2.05) is 0 Å². The zero-order valence-electron chi connectivity index (χ0n) is 11.1. The Hall–Kier alpha value is -1.55. The van der Waals surface area contributed by atoms with E-state index in [1.54, 1.807) is 24.3 Å². The first-order chi connectivity index (χ1) is 9.25. The molecule has 2 N–H and O–H groups in total. The highest BCUT2D eigenvalue weighted by molar-refractivity contribution is 5.87. The lowest BCUT2D eigenvalue weighted by atomic mass is 9.83. The van der Waals surface area contributed by atoms with E-state index in [4.69, 9.17) is 9.84 Å². The Kier molecular flexibility index (Phi) is 5.21. The Morgan fingerprint density at radius 3 is 2.58 bits per heavy atom. The van der Waals surface area contributed by atoms with Gasteiger partial charge in [-0.25, -0.2) is 4.79 Å². The van der Waals surface area contributed by atoms with E-state index in [-0.39, 0.29) is 5.56 Å². The predicted molar refractivity (Wildman–Crippen MR) is 73.7 cm³/mol. The van der Waals surface area contributed by atoms with Gasteiger partial charge in [-0.3, -0.25) is 0 Å². The molecule has 0 spiro atoms. The molecule has 1 aromatic rings. The van der Waals surface area contributed by atoms with Gasteiger partial charge in [0, 0.05) is 6.54 Å². The summed E-state index contributed by atoms with van der Waals surface area (Å²) in [6.07, 6.45) is 5.47. The molecule has 0 heterocycles. The van der Waals surface area contributed by atoms with E-state index in [0.717, 1.165) is 19.0 Å². The highest BCUT2D eigenvalue weighted by Gasteiger charge is 2.15. The van der Waals surface area contributed by atoms with Gasteiger partial charge >= 0.3 is 5.97 Å². The Balaban J connectivity index is 1.55. The van der Waals surface area contributed by atoms with Crippen LogP contribution in [0.4, 0.5) is 0 Å². The number of carbonyl (C=O) groups is 1. The van der Waals surface area contributed by atoms with Gasteiger partial charge in [0.25, 0.3) is 0 Å². The van der Waals surface area contributed by atoms with Crippen molar-refractivity contribution in [2.75, 3.05) is 19.7 Å². The quantitative estimate of drug-likeness (QED) is 0.708. The molecular formula is C15H21NO3. The fraction of sp³-hybridized carbons (Fsp3) is 0.533. The van der Waals surface area contributed by atoms with Crippen LogP contribution in [0.25, 0.3) is 0 Å². The van der Waals surface area contributed by atoms with Crippen LogP contribution in [0.3, 0.4) is 0 Å². The lowest BCUT2D eigenvalue weighted by molar-refractivity contribution is 0.0697. The van der Waals surface area contributed by atoms with Gasteiger partial charge in [-0.05, 0) is 43.1 Å². The van der Waals surface area contributed by atoms with Crippen LogP contribution in [0.15, 0.2) is 24.3 Å². The van der Waals surface area contributed by atoms with Gasteiger partial charge in [-0.1, -0.05) is 19.3 Å². The molecule has 0 atom stereocenters. The van der Waals surface area contributed by atoms with Gasteiger partial charge in [0.2, 0.25) is 0 Å². The van der Waals surface area contributed by atoms with Crippen LogP contribution >= 0.6 is 0 Å². The first-order valence-corrected chi connectivity index (χ1v) is 6.92. The minimum absolute atomic E-state index is 0.283. The van der Waals surface area contributed by atoms with Crippen LogP contribution in [0, 0.1) is 5.92 Å². The largest absolute Gasteiger partial charge is 0.492 e. The summed E-state index contributed by atoms with van der Waals surface area (Å²) in [4.78, 5) is 10.7. The van der Waals surface area contributed by atoms with Crippen molar-refractivity contribution in [1.82, 2.24) is 5.32 Å². The Labute approximate surface area is 113 Å². The van der Waals surface area contributed by atoms with Crippen molar-refractivity contribution in [2.45, 2.75) is 25.7 Å². The van der Waals surface area contributed by atoms with Crippen LogP contribution in [-0.4, -0.2) is 30.8 Å². The molecule has 19 heavy (non-hydrogen) atoms. The van der Waals surface area contributed by atoms with Crippen molar-refractivity contribution in [1.29, 1.82) is 0 Å². The van der Waals surface area contributed by atoms with Gasteiger partial charge in [0.05, 0.1) is 5.56 Å². The zero-order chi connectivity index (χ0) is 13.5. The summed E-state index contributed by atoms with van der Waals surface area (Å²) in [6, 6.07) is 6.50. The molecule has 1 aliphatic carbocycles. The number of nitrogens with one attached hydrogen (secondary N) is 1. The smallest absolute Gasteiger partial charge is 0.335 e. The molecule has 0 bridgehead atoms. The normalized spacial score (nSPS) is 14.9. The number of carboxylic acid groups (broad SMARTS) is 1. The maximum Gasteiger partial charge on any atom is 0.335 e. The van der Waals surface area contributed by atoms with E-state index in [2.05, 4.69) is 5.32 Å². The fourth-order valence-electron chi connectivity index (χ4n) is 2.15. The summed E-state index contributed by atoms with van der Waals surface area (Å²) in [5, 5.41) is 12.1. The Morgan fingerprint density at radius 1 is 1.26 bits per heavy atom. The third-order valence-corrected chi connectivity index (χ3v) is 3.60. The second-order valence-corrected chi connectivity index (χ2v) is 5.01. The lowest BCUT2D eigenvalue weighted by Crippen LogP contribution is -2.25. The summed E-state index contributed by atoms with van der Waals surface area (Å²) in [5.41, 5.74) is 0.283. The number of benzene rings is 1. The first kappa shape index (κ1) is 13.9. The van der Waals surface area contributed by atoms with Gasteiger partial charge in [0.15, 0.2) is 0 Å². The van der Waals surface area contributed by atoms with E-state index < -0.39 is 5.97 Å². The molecule has 1 fully saturated rings. The minimum atomic E-state index is -0.913. The average molecular weight is 263 g/mol. The number of ether oxygens (including phenoxy) is 1. The third kappa shape index (κ3) is 4.56. The van der Waals surface area contributed by atoms with Crippen molar-refractivity contribution in [2.24, 2.45) is 5.92 Å². The molecule has 0 unspecified atom stereocenters. The fourth-order valence-corrected chi connectivity index (χ4v) is 2.15. The zero-order valence-corrected chi connectivity index (χ0v) is 11.1. The topological polar surface area (TPSA) is 58.6 Å². The second-order valence-electron chi connectivity index (χ2n) is 5.01. The van der Waals surface area contributed by atoms with Crippen LogP contribution < -0.4 is 10.1 Å². The SMILES string of the molecule is O=C(O)c1ccc(OCCNCCC2CCC2)cc1. The number of rotatable bonds is 8. The molecule has 0 amide bonds. The summed E-state index contributed by atoms with van der Waals surface area (Å²) >= 11 is 0. The van der Waals surface area contributed by atoms with Crippen LogP contribution in [-0.2, 0) is 0 Å². The average Bonchev–Trinajstić information content (AvgIpc) is 2.36. The van der Waals surface area contributed by atoms with Gasteiger partial charge < -0.3 is 15.2 Å². The maximum absolute atomic E-state index is 10.7. The van der Waals surface area contributed by atoms with E-state index in [9.17, 15) is 4.79 Å². The number of hydrogen-bond donors (Lipinski definition) is 2. The summed E-state index contributed by atoms with van der Waals surface area (Å²) in [6.45, 7) is 2.50. The molecule has 0 aliphatic heterocycles. The van der Waals surface area contributed by atoms with E-state index in [1.165, 1.54) is 25.7 Å². The molecule has 4 heteroatoms. The standard InChI is InChI=1S/C15H21NO3/c17-15(18)13-4-6-14(7-5-13)19-11-10-16-9-8-12-2-1-3-12/h4-7,12,16H,1-3,8-11H2,(H,17,18). The molecule has 4 nitrogen and oxygen atoms in total. The number of hydrogen-bond acceptors (Lipinski definition) is 3. The molecule has 1 saturated carbocycles. The van der Waals surface area contributed by atoms with Crippen molar-refractivity contribution < 1.29 is 14.6 Å². The summed E-state index contributed by atoms with van der Waals surface area (Å²) in [5.74, 6) is 0.743. The summed E-state index contributed by atoms with van der Waals surface area (Å²) in [7, 11) is 0. The molecule has 1 aliphatic rings. The van der Waals surface area contributed by atoms with Crippen LogP contribution in [0.5, 0.6) is 5.75 Å². The number of aromatic carboxylic acids is 1. The van der Waals surface area contributed by atoms with Crippen molar-refractivity contribution in [3.8, 4) is 5.75 Å². The lowest BCUT2D eigenvalue weighted by Gasteiger charge is -2.25. The number of carboxylic acids is 1. The molecular weight excluding hydrogens is 242 g/mol. The molecule has 0 radical (unpaired) electrons. The molecule has 0 saturated heterocycles. The monoisotopic (exact) mass is 263 g/mol. The van der Waals surface area contributed by atoms with Crippen molar-refractivity contribution in [3.05, 3.63) is 29.8 Å². The van der Waals surface area contributed by atoms with Gasteiger partial charge in [-0.15, -0.1) is 0 Å². The molecule has 2 rings (SSSR count). The molecule has 104 valence electrons. The van der Waals surface area contributed by atoms with Gasteiger partial charge in [0.1, 0.15) is 12.4 Å². The highest BCUT2D eigenvalue weighted by Crippen LogP contribution is 2.28. The highest BCUT2D eigenvalue weighted by atomic mass is 16.5. The van der Waals surface area contributed by atoms with Crippen LogP contribution in [0.2, 0.25) is 0 Å². The minimum Gasteiger partial charge on any atom is -0.492 e. The third-order valence-electron chi connectivity index (χ3n) is 3.60. The maximum atomic E-state index is 10.7. The van der Waals surface area contributed by atoms with E-state index in [0.29, 0.717) is 12.4 Å². The van der Waals surface area contributed by atoms with Crippen molar-refractivity contribution >= 4 is 5.97 Å².